The highest BCUT2D eigenvalue weighted by molar-refractivity contribution is 7.26. The minimum Gasteiger partial charge on any atom is -0.228 e. The minimum atomic E-state index is 0.713. The molecule has 0 spiro atoms. The number of fused-ring (bicyclic) bond motifs is 3. The van der Waals surface area contributed by atoms with E-state index < -0.39 is 0 Å². The summed E-state index contributed by atoms with van der Waals surface area (Å²) in [5.74, 6) is 1.45. The van der Waals surface area contributed by atoms with Gasteiger partial charge in [0.1, 0.15) is 0 Å². The molecule has 318 valence electrons. The smallest absolute Gasteiger partial charge is 0.160 e. The van der Waals surface area contributed by atoms with E-state index in [1.54, 1.807) is 0 Å². The van der Waals surface area contributed by atoms with E-state index in [-0.39, 0.29) is 0 Å². The van der Waals surface area contributed by atoms with Crippen molar-refractivity contribution in [1.29, 1.82) is 0 Å². The number of aromatic nitrogens is 4. The Bertz CT molecular complexity index is 3540. The minimum absolute atomic E-state index is 0.713. The first kappa shape index (κ1) is 40.4. The summed E-state index contributed by atoms with van der Waals surface area (Å²) in [4.78, 5) is 20.6. The summed E-state index contributed by atoms with van der Waals surface area (Å²) in [5, 5.41) is 2.59. The van der Waals surface area contributed by atoms with E-state index in [0.717, 1.165) is 82.1 Å². The van der Waals surface area contributed by atoms with Gasteiger partial charge < -0.3 is 0 Å². The molecule has 0 saturated heterocycles. The average molecular weight is 877 g/mol. The Labute approximate surface area is 394 Å². The number of rotatable bonds is 9. The van der Waals surface area contributed by atoms with Crippen LogP contribution >= 0.6 is 11.3 Å². The molecule has 0 atom stereocenters. The Morgan fingerprint density at radius 1 is 0.358 bits per heavy atom. The molecule has 0 aliphatic heterocycles. The average Bonchev–Trinajstić information content (AvgIpc) is 3.80. The maximum Gasteiger partial charge on any atom is 0.160 e. The van der Waals surface area contributed by atoms with Crippen molar-refractivity contribution in [2.24, 2.45) is 0 Å². The zero-order valence-electron chi connectivity index (χ0n) is 36.8. The third-order valence-corrected chi connectivity index (χ3v) is 14.1. The molecule has 5 heteroatoms. The fraction of sp³-hybridized carbons (Fsp3) is 0.0645. The second-order valence-electron chi connectivity index (χ2n) is 17.2. The van der Waals surface area contributed by atoms with Crippen LogP contribution in [0.4, 0.5) is 0 Å². The summed E-state index contributed by atoms with van der Waals surface area (Å²) in [6, 6.07) is 66.6. The normalized spacial score (nSPS) is 13.6. The second kappa shape index (κ2) is 17.7. The van der Waals surface area contributed by atoms with Crippen LogP contribution in [-0.2, 0) is 0 Å². The topological polar surface area (TPSA) is 51.6 Å². The highest BCUT2D eigenvalue weighted by atomic mass is 32.1. The van der Waals surface area contributed by atoms with Gasteiger partial charge >= 0.3 is 0 Å². The lowest BCUT2D eigenvalue weighted by Crippen LogP contribution is -2.01. The summed E-state index contributed by atoms with van der Waals surface area (Å²) >= 11 is 1.86. The molecule has 0 radical (unpaired) electrons. The first-order valence-electron chi connectivity index (χ1n) is 23.0. The molecule has 0 amide bonds. The summed E-state index contributed by atoms with van der Waals surface area (Å²) in [7, 11) is 0. The van der Waals surface area contributed by atoms with Crippen molar-refractivity contribution in [3.63, 3.8) is 0 Å². The van der Waals surface area contributed by atoms with Crippen molar-refractivity contribution in [3.8, 4) is 67.7 Å². The van der Waals surface area contributed by atoms with Gasteiger partial charge in [0.15, 0.2) is 11.6 Å². The Kier molecular flexibility index (Phi) is 10.7. The monoisotopic (exact) mass is 876 g/mol. The number of nitrogens with zero attached hydrogens (tertiary/aromatic N) is 4. The third kappa shape index (κ3) is 8.05. The van der Waals surface area contributed by atoms with E-state index in [0.29, 0.717) is 5.82 Å². The Morgan fingerprint density at radius 2 is 0.910 bits per heavy atom. The number of hydrogen-bond donors (Lipinski definition) is 0. The molecular formula is C62H44N4S. The Morgan fingerprint density at radius 3 is 1.58 bits per heavy atom. The van der Waals surface area contributed by atoms with Gasteiger partial charge in [0.25, 0.3) is 0 Å². The number of benzene rings is 7. The van der Waals surface area contributed by atoms with Crippen LogP contribution in [0.1, 0.15) is 42.5 Å². The summed E-state index contributed by atoms with van der Waals surface area (Å²) in [6.45, 7) is 0. The van der Waals surface area contributed by atoms with Crippen LogP contribution in [0.2, 0.25) is 0 Å². The van der Waals surface area contributed by atoms with Crippen molar-refractivity contribution < 1.29 is 0 Å². The summed E-state index contributed by atoms with van der Waals surface area (Å²) in [6.07, 6.45) is 15.1. The maximum atomic E-state index is 5.21. The van der Waals surface area contributed by atoms with E-state index in [9.17, 15) is 0 Å². The molecule has 0 fully saturated rings. The van der Waals surface area contributed by atoms with Crippen molar-refractivity contribution >= 4 is 48.2 Å². The van der Waals surface area contributed by atoms with E-state index in [1.807, 2.05) is 53.8 Å². The zero-order chi connectivity index (χ0) is 44.5. The molecule has 0 saturated carbocycles. The third-order valence-electron chi connectivity index (χ3n) is 13.0. The molecule has 4 nitrogen and oxygen atoms in total. The van der Waals surface area contributed by atoms with Gasteiger partial charge in [-0.15, -0.1) is 11.3 Å². The van der Waals surface area contributed by atoms with E-state index in [2.05, 4.69) is 176 Å². The van der Waals surface area contributed by atoms with Crippen molar-refractivity contribution in [3.05, 3.63) is 235 Å². The van der Waals surface area contributed by atoms with Crippen LogP contribution in [-0.4, -0.2) is 19.9 Å². The predicted molar refractivity (Wildman–Crippen MR) is 281 cm³/mol. The standard InChI is InChI=1S/C62H44N4S/c1-5-16-41(17-6-1)49-24-15-25-50(38-49)56-40-55(65-62(66-56)48-22-11-4-12-23-48)45-32-34-46(35-33-45)59-51(36-37-58-60(59)52-26-13-14-27-57(52)67-58)42-28-30-44(31-29-42)54-39-53(43-18-7-2-8-19-43)63-61(64-54)47-20-9-3-10-21-47/h1-5,7-16,18-28,30,32-40H,6,17,29,31H2. The van der Waals surface area contributed by atoms with Gasteiger partial charge in [0.05, 0.1) is 22.8 Å². The molecule has 2 aliphatic carbocycles. The molecule has 0 unspecified atom stereocenters. The largest absolute Gasteiger partial charge is 0.228 e. The molecule has 0 N–H and O–H groups in total. The molecule has 12 rings (SSSR count). The van der Waals surface area contributed by atoms with Crippen molar-refractivity contribution in [1.82, 2.24) is 19.9 Å². The van der Waals surface area contributed by atoms with Crippen LogP contribution in [0.5, 0.6) is 0 Å². The van der Waals surface area contributed by atoms with Gasteiger partial charge in [-0.3, -0.25) is 0 Å². The fourth-order valence-electron chi connectivity index (χ4n) is 9.53. The van der Waals surface area contributed by atoms with Crippen LogP contribution in [0.25, 0.3) is 105 Å². The molecule has 7 aromatic carbocycles. The van der Waals surface area contributed by atoms with Gasteiger partial charge in [-0.05, 0) is 95.0 Å². The molecule has 2 aliphatic rings. The highest BCUT2D eigenvalue weighted by Gasteiger charge is 2.21. The van der Waals surface area contributed by atoms with Gasteiger partial charge in [0, 0.05) is 48.0 Å². The Hall–Kier alpha value is -8.12. The number of hydrogen-bond acceptors (Lipinski definition) is 5. The van der Waals surface area contributed by atoms with Crippen LogP contribution in [0.3, 0.4) is 0 Å². The van der Waals surface area contributed by atoms with Crippen molar-refractivity contribution in [2.75, 3.05) is 0 Å². The van der Waals surface area contributed by atoms with E-state index in [4.69, 9.17) is 19.9 Å². The SMILES string of the molecule is C1=CCCC(c2cccc(-c3cc(-c4ccc(-c5c(C6=CC=C(c7cc(-c8ccccc8)nc(-c8ccccc8)n7)CC6)ccc6sc7ccccc7c56)cc4)nc(-c4ccccc4)n3)c2)=C1. The van der Waals surface area contributed by atoms with Crippen LogP contribution < -0.4 is 0 Å². The van der Waals surface area contributed by atoms with Gasteiger partial charge in [-0.25, -0.2) is 19.9 Å². The lowest BCUT2D eigenvalue weighted by atomic mass is 9.85. The first-order valence-corrected chi connectivity index (χ1v) is 23.9. The molecule has 0 bridgehead atoms. The van der Waals surface area contributed by atoms with Gasteiger partial charge in [0.2, 0.25) is 0 Å². The van der Waals surface area contributed by atoms with Crippen molar-refractivity contribution in [2.45, 2.75) is 25.7 Å². The number of thiophene rings is 1. The molecule has 3 heterocycles. The second-order valence-corrected chi connectivity index (χ2v) is 18.3. The molecule has 3 aromatic heterocycles. The summed E-state index contributed by atoms with van der Waals surface area (Å²) in [5.41, 5.74) is 17.7. The Balaban J connectivity index is 0.952. The predicted octanol–water partition coefficient (Wildman–Crippen LogP) is 16.6. The van der Waals surface area contributed by atoms with Gasteiger partial charge in [-0.1, -0.05) is 188 Å². The number of allylic oxidation sites excluding steroid dienone is 8. The van der Waals surface area contributed by atoms with Gasteiger partial charge in [-0.2, -0.15) is 0 Å². The summed E-state index contributed by atoms with van der Waals surface area (Å²) < 4.78 is 2.58. The molecule has 10 aromatic rings. The van der Waals surface area contributed by atoms with Crippen LogP contribution in [0, 0.1) is 0 Å². The maximum absolute atomic E-state index is 5.21. The van der Waals surface area contributed by atoms with E-state index in [1.165, 1.54) is 59.1 Å². The lowest BCUT2D eigenvalue weighted by molar-refractivity contribution is 1.04. The highest BCUT2D eigenvalue weighted by Crippen LogP contribution is 2.46. The first-order chi connectivity index (χ1) is 33.2. The van der Waals surface area contributed by atoms with Crippen LogP contribution in [0.15, 0.2) is 218 Å². The molecular weight excluding hydrogens is 833 g/mol. The zero-order valence-corrected chi connectivity index (χ0v) is 37.6. The lowest BCUT2D eigenvalue weighted by Gasteiger charge is -2.20. The fourth-order valence-corrected chi connectivity index (χ4v) is 10.6. The van der Waals surface area contributed by atoms with E-state index >= 15 is 0 Å². The molecule has 67 heavy (non-hydrogen) atoms. The quantitative estimate of drug-likeness (QED) is 0.145.